The maximum atomic E-state index is 12.5. The second-order valence-corrected chi connectivity index (χ2v) is 10.1. The molecule has 10 heteroatoms. The Morgan fingerprint density at radius 1 is 1.29 bits per heavy atom. The lowest BCUT2D eigenvalue weighted by molar-refractivity contribution is -0.116. The fourth-order valence-corrected chi connectivity index (χ4v) is 5.69. The molecule has 0 fully saturated rings. The van der Waals surface area contributed by atoms with Crippen molar-refractivity contribution in [2.24, 2.45) is 5.92 Å². The Morgan fingerprint density at radius 3 is 2.97 bits per heavy atom. The van der Waals surface area contributed by atoms with Crippen molar-refractivity contribution in [3.05, 3.63) is 56.9 Å². The molecule has 1 atom stereocenters. The van der Waals surface area contributed by atoms with E-state index in [0.29, 0.717) is 23.5 Å². The molecule has 0 spiro atoms. The molecular weight excluding hydrogens is 474 g/mol. The summed E-state index contributed by atoms with van der Waals surface area (Å²) >= 11 is 2.93. The predicted molar refractivity (Wildman–Crippen MR) is 132 cm³/mol. The van der Waals surface area contributed by atoms with Crippen molar-refractivity contribution in [1.82, 2.24) is 4.98 Å². The van der Waals surface area contributed by atoms with Gasteiger partial charge in [0.05, 0.1) is 19.4 Å². The number of carbonyl (C=O) groups excluding carboxylic acids is 2. The molecule has 1 amide bonds. The van der Waals surface area contributed by atoms with E-state index >= 15 is 0 Å². The van der Waals surface area contributed by atoms with Gasteiger partial charge in [-0.2, -0.15) is 0 Å². The van der Waals surface area contributed by atoms with Gasteiger partial charge in [-0.15, -0.1) is 22.7 Å². The number of nitrogens with two attached hydrogens (primary N) is 1. The van der Waals surface area contributed by atoms with Gasteiger partial charge in [0.1, 0.15) is 22.4 Å². The molecule has 1 aromatic carbocycles. The van der Waals surface area contributed by atoms with Crippen LogP contribution in [0.2, 0.25) is 0 Å². The monoisotopic (exact) mass is 501 g/mol. The van der Waals surface area contributed by atoms with Crippen LogP contribution in [0.15, 0.2) is 35.8 Å². The number of thiophene rings is 1. The van der Waals surface area contributed by atoms with Crippen molar-refractivity contribution in [3.8, 4) is 5.75 Å². The number of rotatable bonds is 9. The normalized spacial score (nSPS) is 14.8. The summed E-state index contributed by atoms with van der Waals surface area (Å²) in [6, 6.07) is 7.70. The molecule has 3 aromatic rings. The van der Waals surface area contributed by atoms with Crippen molar-refractivity contribution in [1.29, 1.82) is 0 Å². The predicted octanol–water partition coefficient (Wildman–Crippen LogP) is 4.83. The fraction of sp³-hybridized carbons (Fsp3) is 0.375. The van der Waals surface area contributed by atoms with Gasteiger partial charge in [0, 0.05) is 22.9 Å². The Bertz CT molecular complexity index is 1130. The number of nitrogens with one attached hydrogen (secondary N) is 1. The molecule has 3 N–H and O–H groups in total. The molecule has 0 aliphatic heterocycles. The second-order valence-electron chi connectivity index (χ2n) is 8.03. The lowest BCUT2D eigenvalue weighted by Crippen LogP contribution is -2.21. The number of hydrogen-bond acceptors (Lipinski definition) is 9. The third kappa shape index (κ3) is 6.27. The van der Waals surface area contributed by atoms with Gasteiger partial charge in [0.15, 0.2) is 0 Å². The molecule has 1 aliphatic rings. The average Bonchev–Trinajstić information content (AvgIpc) is 3.48. The third-order valence-corrected chi connectivity index (χ3v) is 7.61. The van der Waals surface area contributed by atoms with Gasteiger partial charge in [0.2, 0.25) is 5.91 Å². The molecule has 34 heavy (non-hydrogen) atoms. The number of carbonyl (C=O) groups is 2. The lowest BCUT2D eigenvalue weighted by atomic mass is 9.89. The molecule has 1 aliphatic carbocycles. The molecule has 8 nitrogen and oxygen atoms in total. The maximum absolute atomic E-state index is 12.5. The van der Waals surface area contributed by atoms with E-state index in [-0.39, 0.29) is 25.0 Å². The zero-order chi connectivity index (χ0) is 23.9. The molecule has 2 heterocycles. The molecule has 1 unspecified atom stereocenters. The minimum absolute atomic E-state index is 0.0732. The van der Waals surface area contributed by atoms with E-state index in [1.54, 1.807) is 13.3 Å². The van der Waals surface area contributed by atoms with E-state index in [1.807, 2.05) is 29.6 Å². The first-order valence-electron chi connectivity index (χ1n) is 11.0. The molecule has 4 rings (SSSR count). The first-order chi connectivity index (χ1) is 16.5. The molecule has 0 bridgehead atoms. The zero-order valence-electron chi connectivity index (χ0n) is 18.9. The van der Waals surface area contributed by atoms with Crippen LogP contribution < -0.4 is 15.8 Å². The van der Waals surface area contributed by atoms with Gasteiger partial charge in [-0.1, -0.05) is 12.1 Å². The number of ether oxygens (including phenoxy) is 3. The summed E-state index contributed by atoms with van der Waals surface area (Å²) in [5.74, 6) is 0.893. The first kappa shape index (κ1) is 24.0. The van der Waals surface area contributed by atoms with Crippen LogP contribution in [0.25, 0.3) is 0 Å². The van der Waals surface area contributed by atoms with Crippen LogP contribution in [0.3, 0.4) is 0 Å². The summed E-state index contributed by atoms with van der Waals surface area (Å²) in [5.41, 5.74) is 9.13. The lowest BCUT2D eigenvalue weighted by Gasteiger charge is -2.21. The van der Waals surface area contributed by atoms with E-state index in [1.165, 1.54) is 22.7 Å². The summed E-state index contributed by atoms with van der Waals surface area (Å²) in [5, 5.41) is 6.23. The van der Waals surface area contributed by atoms with Crippen LogP contribution in [0.1, 0.15) is 33.9 Å². The molecule has 2 aromatic heterocycles. The highest BCUT2D eigenvalue weighted by Gasteiger charge is 2.26. The van der Waals surface area contributed by atoms with E-state index in [2.05, 4.69) is 10.3 Å². The summed E-state index contributed by atoms with van der Waals surface area (Å²) in [6.45, 7) is 0.407. The second kappa shape index (κ2) is 11.3. The van der Waals surface area contributed by atoms with E-state index < -0.39 is 6.16 Å². The topological polar surface area (TPSA) is 113 Å². The fourth-order valence-electron chi connectivity index (χ4n) is 3.86. The minimum Gasteiger partial charge on any atom is -0.497 e. The van der Waals surface area contributed by atoms with Crippen LogP contribution in [0.5, 0.6) is 5.75 Å². The van der Waals surface area contributed by atoms with E-state index in [4.69, 9.17) is 19.9 Å². The number of benzene rings is 1. The zero-order valence-corrected chi connectivity index (χ0v) is 20.5. The van der Waals surface area contributed by atoms with Crippen LogP contribution >= 0.6 is 22.7 Å². The third-order valence-electron chi connectivity index (χ3n) is 5.67. The molecule has 180 valence electrons. The Kier molecular flexibility index (Phi) is 8.02. The van der Waals surface area contributed by atoms with Gasteiger partial charge >= 0.3 is 6.16 Å². The summed E-state index contributed by atoms with van der Waals surface area (Å²) in [4.78, 5) is 29.6. The number of nitrogens with zero attached hydrogens (tertiary/aromatic N) is 1. The summed E-state index contributed by atoms with van der Waals surface area (Å²) < 4.78 is 15.6. The van der Waals surface area contributed by atoms with Crippen LogP contribution in [-0.4, -0.2) is 30.8 Å². The number of fused-ring (bicyclic) bond motifs is 1. The van der Waals surface area contributed by atoms with Crippen molar-refractivity contribution in [2.45, 2.75) is 38.7 Å². The van der Waals surface area contributed by atoms with Crippen molar-refractivity contribution in [2.75, 3.05) is 24.8 Å². The number of amides is 1. The highest BCUT2D eigenvalue weighted by atomic mass is 32.1. The van der Waals surface area contributed by atoms with Gasteiger partial charge in [0.25, 0.3) is 0 Å². The van der Waals surface area contributed by atoms with E-state index in [9.17, 15) is 9.59 Å². The Morgan fingerprint density at radius 2 is 2.18 bits per heavy atom. The summed E-state index contributed by atoms with van der Waals surface area (Å²) in [6.07, 6.45) is 4.36. The van der Waals surface area contributed by atoms with Crippen LogP contribution in [0.4, 0.5) is 15.5 Å². The van der Waals surface area contributed by atoms with Crippen molar-refractivity contribution >= 4 is 45.4 Å². The highest BCUT2D eigenvalue weighted by Crippen LogP contribution is 2.41. The summed E-state index contributed by atoms with van der Waals surface area (Å²) in [7, 11) is 1.62. The molecule has 0 radical (unpaired) electrons. The van der Waals surface area contributed by atoms with Crippen molar-refractivity contribution in [3.63, 3.8) is 0 Å². The minimum atomic E-state index is -0.685. The Hall–Kier alpha value is -3.11. The maximum Gasteiger partial charge on any atom is 0.508 e. The standard InChI is InChI=1S/C24H27N3O5S2/c1-30-17-4-2-3-15(11-17)6-8-20(28)27-23-22(25)18-7-5-16(12-19(18)34-23)13-31-24(29)32-14-21-26-9-10-33-21/h2-4,9-11,16H,5-8,12-14,25H2,1H3,(H,27,28). The highest BCUT2D eigenvalue weighted by molar-refractivity contribution is 7.17. The van der Waals surface area contributed by atoms with E-state index in [0.717, 1.165) is 46.0 Å². The number of thiazole rings is 1. The first-order valence-corrected chi connectivity index (χ1v) is 12.7. The number of aryl methyl sites for hydroxylation is 1. The van der Waals surface area contributed by atoms with Crippen LogP contribution in [-0.2, 0) is 40.1 Å². The Balaban J connectivity index is 1.25. The number of anilines is 2. The van der Waals surface area contributed by atoms with Gasteiger partial charge in [-0.25, -0.2) is 9.78 Å². The molecule has 0 saturated carbocycles. The Labute approximate surface area is 206 Å². The number of aromatic nitrogens is 1. The molecule has 0 saturated heterocycles. The largest absolute Gasteiger partial charge is 0.508 e. The quantitative estimate of drug-likeness (QED) is 0.404. The number of methoxy groups -OCH3 is 1. The van der Waals surface area contributed by atoms with Gasteiger partial charge < -0.3 is 25.3 Å². The molecular formula is C24H27N3O5S2. The smallest absolute Gasteiger partial charge is 0.497 e. The number of nitrogen functional groups attached to an aromatic ring is 1. The SMILES string of the molecule is COc1cccc(CCC(=O)Nc2sc3c(c2N)CCC(COC(=O)OCc2nccs2)C3)c1. The van der Waals surface area contributed by atoms with Crippen molar-refractivity contribution < 1.29 is 23.8 Å². The van der Waals surface area contributed by atoms with Gasteiger partial charge in [-0.05, 0) is 54.9 Å². The van der Waals surface area contributed by atoms with Crippen LogP contribution in [0, 0.1) is 5.92 Å². The average molecular weight is 502 g/mol. The van der Waals surface area contributed by atoms with Gasteiger partial charge in [-0.3, -0.25) is 4.79 Å². The number of hydrogen-bond donors (Lipinski definition) is 2.